The van der Waals surface area contributed by atoms with E-state index in [1.807, 2.05) is 0 Å². The lowest BCUT2D eigenvalue weighted by atomic mass is 9.87. The molecule has 1 amide bonds. The number of nitrogens with one attached hydrogen (secondary N) is 1. The summed E-state index contributed by atoms with van der Waals surface area (Å²) in [5.74, 6) is -0.570. The zero-order chi connectivity index (χ0) is 10.6. The van der Waals surface area contributed by atoms with Crippen molar-refractivity contribution in [2.24, 2.45) is 5.41 Å². The van der Waals surface area contributed by atoms with Crippen LogP contribution in [-0.4, -0.2) is 29.4 Å². The van der Waals surface area contributed by atoms with Gasteiger partial charge in [0.15, 0.2) is 5.78 Å². The summed E-state index contributed by atoms with van der Waals surface area (Å²) in [6.45, 7) is 6.40. The summed E-state index contributed by atoms with van der Waals surface area (Å²) in [4.78, 5) is 22.3. The lowest BCUT2D eigenvalue weighted by molar-refractivity contribution is -0.132. The van der Waals surface area contributed by atoms with Gasteiger partial charge in [0, 0.05) is 5.41 Å². The van der Waals surface area contributed by atoms with E-state index in [1.165, 1.54) is 0 Å². The number of aliphatic hydroxyl groups is 1. The highest BCUT2D eigenvalue weighted by Gasteiger charge is 2.27. The van der Waals surface area contributed by atoms with Gasteiger partial charge in [-0.2, -0.15) is 0 Å². The van der Waals surface area contributed by atoms with Crippen LogP contribution in [0.25, 0.3) is 0 Å². The molecule has 0 unspecified atom stereocenters. The number of Topliss-reactive ketones (excluding diaryl/α,β-unsaturated/α-hetero) is 1. The van der Waals surface area contributed by atoms with Gasteiger partial charge in [0.1, 0.15) is 6.61 Å². The molecule has 0 aliphatic carbocycles. The largest absolute Gasteiger partial charge is 0.387 e. The van der Waals surface area contributed by atoms with E-state index in [4.69, 9.17) is 5.11 Å². The smallest absolute Gasteiger partial charge is 0.246 e. The van der Waals surface area contributed by atoms with Crippen LogP contribution >= 0.6 is 0 Å². The molecule has 4 heteroatoms. The summed E-state index contributed by atoms with van der Waals surface area (Å²) in [5, 5.41) is 10.8. The van der Waals surface area contributed by atoms with Crippen molar-refractivity contribution in [3.63, 3.8) is 0 Å². The van der Waals surface area contributed by atoms with Gasteiger partial charge in [-0.05, 0) is 6.92 Å². The first-order valence-electron chi connectivity index (χ1n) is 4.23. The van der Waals surface area contributed by atoms with E-state index in [0.29, 0.717) is 0 Å². The van der Waals surface area contributed by atoms with Crippen LogP contribution in [0.4, 0.5) is 0 Å². The summed E-state index contributed by atoms with van der Waals surface area (Å²) in [5.41, 5.74) is -0.470. The fourth-order valence-electron chi connectivity index (χ4n) is 1.00. The molecule has 0 aromatic carbocycles. The number of aliphatic hydroxyl groups excluding tert-OH is 1. The average Bonchev–Trinajstić information content (AvgIpc) is 2.01. The summed E-state index contributed by atoms with van der Waals surface area (Å²) >= 11 is 0. The highest BCUT2D eigenvalue weighted by molar-refractivity contribution is 5.92. The number of hydrogen-bond acceptors (Lipinski definition) is 3. The topological polar surface area (TPSA) is 66.4 Å². The van der Waals surface area contributed by atoms with Crippen LogP contribution in [0, 0.1) is 5.41 Å². The number of ketones is 1. The molecule has 0 saturated carbocycles. The van der Waals surface area contributed by atoms with Crippen molar-refractivity contribution in [2.45, 2.75) is 33.7 Å². The highest BCUT2D eigenvalue weighted by atomic mass is 16.3. The molecule has 4 nitrogen and oxygen atoms in total. The Morgan fingerprint density at radius 2 is 1.85 bits per heavy atom. The molecule has 0 aliphatic heterocycles. The Bertz CT molecular complexity index is 205. The van der Waals surface area contributed by atoms with E-state index in [9.17, 15) is 9.59 Å². The van der Waals surface area contributed by atoms with Crippen LogP contribution in [0.15, 0.2) is 0 Å². The predicted molar refractivity (Wildman–Crippen MR) is 49.2 cm³/mol. The third-order valence-corrected chi connectivity index (χ3v) is 1.65. The van der Waals surface area contributed by atoms with Gasteiger partial charge in [-0.1, -0.05) is 20.8 Å². The number of rotatable bonds is 3. The zero-order valence-electron chi connectivity index (χ0n) is 8.55. The van der Waals surface area contributed by atoms with Gasteiger partial charge in [-0.3, -0.25) is 9.59 Å². The molecule has 0 radical (unpaired) electrons. The summed E-state index contributed by atoms with van der Waals surface area (Å²) in [6, 6.07) is -0.542. The molecule has 76 valence electrons. The van der Waals surface area contributed by atoms with Gasteiger partial charge in [0.05, 0.1) is 6.04 Å². The van der Waals surface area contributed by atoms with Gasteiger partial charge in [-0.25, -0.2) is 0 Å². The maximum Gasteiger partial charge on any atom is 0.246 e. The normalized spacial score (nSPS) is 13.6. The number of carbonyl (C=O) groups is 2. The number of carbonyl (C=O) groups excluding carboxylic acids is 2. The second-order valence-corrected chi connectivity index (χ2v) is 4.06. The van der Waals surface area contributed by atoms with Crippen LogP contribution in [0.2, 0.25) is 0 Å². The van der Waals surface area contributed by atoms with E-state index >= 15 is 0 Å². The molecule has 2 N–H and O–H groups in total. The average molecular weight is 187 g/mol. The van der Waals surface area contributed by atoms with Gasteiger partial charge >= 0.3 is 0 Å². The Hall–Kier alpha value is -0.900. The first-order valence-corrected chi connectivity index (χ1v) is 4.23. The second-order valence-electron chi connectivity index (χ2n) is 4.06. The van der Waals surface area contributed by atoms with Gasteiger partial charge in [0.25, 0.3) is 0 Å². The van der Waals surface area contributed by atoms with Crippen LogP contribution in [0.5, 0.6) is 0 Å². The maximum atomic E-state index is 11.5. The van der Waals surface area contributed by atoms with Gasteiger partial charge in [0.2, 0.25) is 5.91 Å². The molecule has 0 bridgehead atoms. The third-order valence-electron chi connectivity index (χ3n) is 1.65. The maximum absolute atomic E-state index is 11.5. The molecule has 0 fully saturated rings. The number of amides is 1. The van der Waals surface area contributed by atoms with Crippen molar-refractivity contribution < 1.29 is 14.7 Å². The quantitative estimate of drug-likeness (QED) is 0.658. The van der Waals surface area contributed by atoms with Crippen LogP contribution in [0.3, 0.4) is 0 Å². The Kier molecular flexibility index (Phi) is 4.07. The van der Waals surface area contributed by atoms with Crippen molar-refractivity contribution in [2.75, 3.05) is 6.61 Å². The molecular weight excluding hydrogens is 170 g/mol. The van der Waals surface area contributed by atoms with Gasteiger partial charge in [-0.15, -0.1) is 0 Å². The Balaban J connectivity index is 4.20. The lowest BCUT2D eigenvalue weighted by Crippen LogP contribution is -2.44. The monoisotopic (exact) mass is 187 g/mol. The van der Waals surface area contributed by atoms with E-state index in [0.717, 1.165) is 0 Å². The van der Waals surface area contributed by atoms with Crippen molar-refractivity contribution in [1.29, 1.82) is 0 Å². The van der Waals surface area contributed by atoms with Crippen molar-refractivity contribution in [3.8, 4) is 0 Å². The molecule has 13 heavy (non-hydrogen) atoms. The molecule has 0 aliphatic rings. The van der Waals surface area contributed by atoms with Crippen molar-refractivity contribution >= 4 is 11.7 Å². The fraction of sp³-hybridized carbons (Fsp3) is 0.778. The minimum atomic E-state index is -0.582. The van der Waals surface area contributed by atoms with Crippen molar-refractivity contribution in [3.05, 3.63) is 0 Å². The first-order chi connectivity index (χ1) is 5.79. The van der Waals surface area contributed by atoms with E-state index in [2.05, 4.69) is 5.32 Å². The van der Waals surface area contributed by atoms with Crippen LogP contribution in [-0.2, 0) is 9.59 Å². The molecule has 0 saturated heterocycles. The zero-order valence-corrected chi connectivity index (χ0v) is 8.55. The molecular formula is C9H17NO3. The standard InChI is InChI=1S/C9H17NO3/c1-6(10-7(12)5-11)8(13)9(2,3)4/h6,11H,5H2,1-4H3,(H,10,12)/t6-/m1/s1. The van der Waals surface area contributed by atoms with Crippen molar-refractivity contribution in [1.82, 2.24) is 5.32 Å². The molecule has 0 aromatic rings. The molecule has 0 heterocycles. The number of hydrogen-bond donors (Lipinski definition) is 2. The lowest BCUT2D eigenvalue weighted by Gasteiger charge is -2.22. The van der Waals surface area contributed by atoms with Crippen LogP contribution < -0.4 is 5.32 Å². The van der Waals surface area contributed by atoms with E-state index in [1.54, 1.807) is 27.7 Å². The fourth-order valence-corrected chi connectivity index (χ4v) is 1.00. The Morgan fingerprint density at radius 3 is 2.15 bits per heavy atom. The molecule has 0 spiro atoms. The van der Waals surface area contributed by atoms with Crippen LogP contribution in [0.1, 0.15) is 27.7 Å². The third kappa shape index (κ3) is 4.03. The molecule has 0 rings (SSSR count). The minimum absolute atomic E-state index is 0.0469. The second kappa shape index (κ2) is 4.37. The van der Waals surface area contributed by atoms with Gasteiger partial charge < -0.3 is 10.4 Å². The summed E-state index contributed by atoms with van der Waals surface area (Å²) in [6.07, 6.45) is 0. The SMILES string of the molecule is C[C@@H](NC(=O)CO)C(=O)C(C)(C)C. The Labute approximate surface area is 78.3 Å². The highest BCUT2D eigenvalue weighted by Crippen LogP contribution is 2.16. The van der Waals surface area contributed by atoms with E-state index < -0.39 is 24.0 Å². The first kappa shape index (κ1) is 12.1. The molecule has 1 atom stereocenters. The summed E-state index contributed by atoms with van der Waals surface area (Å²) < 4.78 is 0. The molecule has 0 aromatic heterocycles. The summed E-state index contributed by atoms with van der Waals surface area (Å²) in [7, 11) is 0. The van der Waals surface area contributed by atoms with E-state index in [-0.39, 0.29) is 5.78 Å². The Morgan fingerprint density at radius 1 is 1.38 bits per heavy atom. The minimum Gasteiger partial charge on any atom is -0.387 e. The predicted octanol–water partition coefficient (Wildman–Crippen LogP) is 0.0986.